The largest absolute Gasteiger partial charge is 0.457 e. The first-order valence-corrected chi connectivity index (χ1v) is 20.3. The summed E-state index contributed by atoms with van der Waals surface area (Å²) in [5.74, 6) is 2.32. The number of para-hydroxylation sites is 1. The van der Waals surface area contributed by atoms with Gasteiger partial charge in [-0.1, -0.05) is 54.6 Å². The Kier molecular flexibility index (Phi) is 10.2. The molecule has 0 bridgehead atoms. The minimum Gasteiger partial charge on any atom is -0.457 e. The number of rotatable bonds is 10. The number of anilines is 1. The van der Waals surface area contributed by atoms with E-state index in [0.717, 1.165) is 35.5 Å². The van der Waals surface area contributed by atoms with Crippen LogP contribution in [0.15, 0.2) is 108 Å². The zero-order valence-electron chi connectivity index (χ0n) is 31.3. The number of carbonyl (C=O) groups excluding carboxylic acids is 3. The molecule has 57 heavy (non-hydrogen) atoms. The van der Waals surface area contributed by atoms with Gasteiger partial charge in [-0.25, -0.2) is 14.6 Å². The van der Waals surface area contributed by atoms with E-state index in [1.807, 2.05) is 64.2 Å². The van der Waals surface area contributed by atoms with Gasteiger partial charge in [0, 0.05) is 48.8 Å². The number of ether oxygens (including phenoxy) is 1. The lowest BCUT2D eigenvalue weighted by Crippen LogP contribution is -2.50. The molecule has 0 aliphatic carbocycles. The molecule has 2 fully saturated rings. The molecule has 3 N–H and O–H groups in total. The van der Waals surface area contributed by atoms with Crippen LogP contribution < -0.4 is 15.8 Å². The van der Waals surface area contributed by atoms with Gasteiger partial charge in [0.05, 0.1) is 23.9 Å². The lowest BCUT2D eigenvalue weighted by Gasteiger charge is -2.33. The fourth-order valence-electron chi connectivity index (χ4n) is 8.14. The molecule has 2 saturated heterocycles. The SMILES string of the molecule is Nc1ncnc2c1c(-c1ccc(Oc3ccccc3)cc1)nn2[C@@H]1CCCN(C(=O)Cc2ccc(CSc3cccc4c3CN(C3CCC(=O)NC3=O)C4)cc2)C1. The number of hydrogen-bond acceptors (Lipinski definition) is 10. The second-order valence-corrected chi connectivity index (χ2v) is 15.9. The molecule has 13 heteroatoms. The number of nitrogen functional groups attached to an aromatic ring is 1. The van der Waals surface area contributed by atoms with Gasteiger partial charge in [-0.15, -0.1) is 11.8 Å². The number of piperidine rings is 2. The van der Waals surface area contributed by atoms with Crippen LogP contribution in [0.4, 0.5) is 5.82 Å². The van der Waals surface area contributed by atoms with E-state index in [1.54, 1.807) is 11.8 Å². The third-order valence-corrected chi connectivity index (χ3v) is 12.3. The van der Waals surface area contributed by atoms with Crippen molar-refractivity contribution in [3.63, 3.8) is 0 Å². The molecule has 288 valence electrons. The van der Waals surface area contributed by atoms with E-state index < -0.39 is 0 Å². The number of thioether (sulfide) groups is 1. The lowest BCUT2D eigenvalue weighted by molar-refractivity contribution is -0.138. The van der Waals surface area contributed by atoms with Crippen LogP contribution in [0, 0.1) is 0 Å². The maximum Gasteiger partial charge on any atom is 0.243 e. The van der Waals surface area contributed by atoms with Gasteiger partial charge in [0.2, 0.25) is 17.7 Å². The lowest BCUT2D eigenvalue weighted by atomic mass is 10.0. The number of likely N-dealkylation sites (tertiary alicyclic amines) is 1. The molecule has 0 radical (unpaired) electrons. The van der Waals surface area contributed by atoms with Gasteiger partial charge in [0.25, 0.3) is 0 Å². The van der Waals surface area contributed by atoms with Crippen molar-refractivity contribution in [3.05, 3.63) is 126 Å². The summed E-state index contributed by atoms with van der Waals surface area (Å²) in [6.07, 6.45) is 4.44. The van der Waals surface area contributed by atoms with Gasteiger partial charge >= 0.3 is 0 Å². The van der Waals surface area contributed by atoms with Gasteiger partial charge in [0.15, 0.2) is 5.65 Å². The van der Waals surface area contributed by atoms with Gasteiger partial charge in [-0.2, -0.15) is 5.10 Å². The monoisotopic (exact) mass is 778 g/mol. The normalized spacial score (nSPS) is 18.4. The number of amides is 3. The highest BCUT2D eigenvalue weighted by atomic mass is 32.2. The fourth-order valence-corrected chi connectivity index (χ4v) is 9.20. The molecule has 0 saturated carbocycles. The van der Waals surface area contributed by atoms with Gasteiger partial charge < -0.3 is 15.4 Å². The Balaban J connectivity index is 0.834. The molecule has 0 spiro atoms. The number of nitrogens with two attached hydrogens (primary N) is 1. The van der Waals surface area contributed by atoms with Crippen molar-refractivity contribution < 1.29 is 19.1 Å². The van der Waals surface area contributed by atoms with Crippen molar-refractivity contribution in [1.82, 2.24) is 34.9 Å². The maximum atomic E-state index is 13.7. The van der Waals surface area contributed by atoms with E-state index in [-0.39, 0.29) is 29.8 Å². The number of hydrogen-bond donors (Lipinski definition) is 2. The maximum absolute atomic E-state index is 13.7. The molecular formula is C44H42N8O4S. The quantitative estimate of drug-likeness (QED) is 0.114. The molecular weight excluding hydrogens is 737 g/mol. The van der Waals surface area contributed by atoms with Crippen molar-refractivity contribution >= 4 is 46.3 Å². The summed E-state index contributed by atoms with van der Waals surface area (Å²) in [6, 6.07) is 31.7. The number of imide groups is 1. The number of benzene rings is 4. The molecule has 4 aromatic carbocycles. The van der Waals surface area contributed by atoms with Crippen molar-refractivity contribution in [2.45, 2.75) is 67.9 Å². The minimum absolute atomic E-state index is 0.0659. The molecule has 3 amide bonds. The van der Waals surface area contributed by atoms with E-state index in [0.29, 0.717) is 73.7 Å². The summed E-state index contributed by atoms with van der Waals surface area (Å²) in [7, 11) is 0. The summed E-state index contributed by atoms with van der Waals surface area (Å²) in [5.41, 5.74) is 13.3. The second kappa shape index (κ2) is 15.8. The van der Waals surface area contributed by atoms with Crippen LogP contribution in [-0.2, 0) is 39.6 Å². The van der Waals surface area contributed by atoms with Crippen LogP contribution in [0.2, 0.25) is 0 Å². The van der Waals surface area contributed by atoms with Crippen molar-refractivity contribution in [3.8, 4) is 22.8 Å². The highest BCUT2D eigenvalue weighted by Gasteiger charge is 2.35. The van der Waals surface area contributed by atoms with E-state index in [4.69, 9.17) is 15.6 Å². The molecule has 5 heterocycles. The minimum atomic E-state index is -0.276. The van der Waals surface area contributed by atoms with Gasteiger partial charge in [-0.05, 0) is 84.0 Å². The van der Waals surface area contributed by atoms with Crippen molar-refractivity contribution in [2.24, 2.45) is 0 Å². The summed E-state index contributed by atoms with van der Waals surface area (Å²) < 4.78 is 7.92. The summed E-state index contributed by atoms with van der Waals surface area (Å²) >= 11 is 1.78. The predicted molar refractivity (Wildman–Crippen MR) is 218 cm³/mol. The van der Waals surface area contributed by atoms with E-state index in [1.165, 1.54) is 27.9 Å². The first-order valence-electron chi connectivity index (χ1n) is 19.4. The van der Waals surface area contributed by atoms with E-state index in [9.17, 15) is 14.4 Å². The Morgan fingerprint density at radius 1 is 0.877 bits per heavy atom. The second-order valence-electron chi connectivity index (χ2n) is 14.9. The van der Waals surface area contributed by atoms with Crippen LogP contribution >= 0.6 is 11.8 Å². The standard InChI is InChI=1S/C44H42N8O4S/c45-42-40-41(30-15-17-34(18-16-30)56-33-8-2-1-3-9-33)49-52(43(40)47-27-46-42)32-7-5-21-50(24-32)39(54)22-28-11-13-29(14-12-28)26-57-37-10-4-6-31-23-51(25-35(31)37)36-19-20-38(53)48-44(36)55/h1-4,6,8-18,27,32,36H,5,7,19-26H2,(H2,45,46,47)(H,48,53,55)/t32-,36?/m1/s1. The number of nitrogens with one attached hydrogen (secondary N) is 1. The summed E-state index contributed by atoms with van der Waals surface area (Å²) in [5, 5.41) is 8.25. The Morgan fingerprint density at radius 3 is 2.47 bits per heavy atom. The highest BCUT2D eigenvalue weighted by Crippen LogP contribution is 2.37. The third-order valence-electron chi connectivity index (χ3n) is 11.1. The molecule has 9 rings (SSSR count). The fraction of sp³-hybridized carbons (Fsp3) is 0.273. The smallest absolute Gasteiger partial charge is 0.243 e. The zero-order chi connectivity index (χ0) is 38.9. The molecule has 1 unspecified atom stereocenters. The van der Waals surface area contributed by atoms with Crippen molar-refractivity contribution in [2.75, 3.05) is 18.8 Å². The van der Waals surface area contributed by atoms with E-state index in [2.05, 4.69) is 62.6 Å². The first-order chi connectivity index (χ1) is 27.9. The van der Waals surface area contributed by atoms with Crippen LogP contribution in [-0.4, -0.2) is 66.4 Å². The van der Waals surface area contributed by atoms with Crippen LogP contribution in [0.5, 0.6) is 11.5 Å². The number of nitrogens with zero attached hydrogens (tertiary/aromatic N) is 6. The predicted octanol–water partition coefficient (Wildman–Crippen LogP) is 6.69. The average Bonchev–Trinajstić information content (AvgIpc) is 3.85. The number of fused-ring (bicyclic) bond motifs is 2. The Labute approximate surface area is 334 Å². The van der Waals surface area contributed by atoms with E-state index >= 15 is 0 Å². The molecule has 3 aliphatic rings. The Morgan fingerprint density at radius 2 is 1.67 bits per heavy atom. The van der Waals surface area contributed by atoms with Gasteiger partial charge in [0.1, 0.15) is 29.3 Å². The Bertz CT molecular complexity index is 2460. The molecule has 12 nitrogen and oxygen atoms in total. The van der Waals surface area contributed by atoms with Crippen molar-refractivity contribution in [1.29, 1.82) is 0 Å². The molecule has 2 aromatic heterocycles. The zero-order valence-corrected chi connectivity index (χ0v) is 32.2. The summed E-state index contributed by atoms with van der Waals surface area (Å²) in [4.78, 5) is 52.1. The molecule has 6 aromatic rings. The third kappa shape index (κ3) is 7.72. The van der Waals surface area contributed by atoms with Crippen LogP contribution in [0.3, 0.4) is 0 Å². The molecule has 2 atom stereocenters. The highest BCUT2D eigenvalue weighted by molar-refractivity contribution is 7.98. The van der Waals surface area contributed by atoms with Gasteiger partial charge in [-0.3, -0.25) is 24.6 Å². The topological polar surface area (TPSA) is 149 Å². The number of carbonyl (C=O) groups is 3. The van der Waals surface area contributed by atoms with Crippen LogP contribution in [0.25, 0.3) is 22.3 Å². The Hall–Kier alpha value is -6.05. The molecule has 3 aliphatic heterocycles. The van der Waals surface area contributed by atoms with Crippen LogP contribution in [0.1, 0.15) is 54.0 Å². The summed E-state index contributed by atoms with van der Waals surface area (Å²) in [6.45, 7) is 2.62. The average molecular weight is 779 g/mol. The first kappa shape index (κ1) is 36.6. The number of aromatic nitrogens is 4.